The molecule has 0 amide bonds. The maximum absolute atomic E-state index is 5.26. The summed E-state index contributed by atoms with van der Waals surface area (Å²) in [5.74, 6) is 0.687. The number of hydrogen-bond donors (Lipinski definition) is 1. The lowest BCUT2D eigenvalue weighted by atomic mass is 9.83. The van der Waals surface area contributed by atoms with Crippen molar-refractivity contribution in [2.45, 2.75) is 44.2 Å². The van der Waals surface area contributed by atoms with Crippen LogP contribution >= 0.6 is 0 Å². The number of aryl methyl sites for hydroxylation is 1. The smallest absolute Gasteiger partial charge is 0.167 e. The Labute approximate surface area is 100 Å². The lowest BCUT2D eigenvalue weighted by molar-refractivity contribution is 0.450. The van der Waals surface area contributed by atoms with Gasteiger partial charge in [0.1, 0.15) is 0 Å². The number of benzene rings is 1. The van der Waals surface area contributed by atoms with Crippen LogP contribution in [0.1, 0.15) is 36.4 Å². The first-order valence-corrected chi connectivity index (χ1v) is 6.43. The molecule has 17 heavy (non-hydrogen) atoms. The van der Waals surface area contributed by atoms with E-state index in [1.807, 2.05) is 6.92 Å². The molecule has 2 saturated heterocycles. The van der Waals surface area contributed by atoms with Gasteiger partial charge in [-0.2, -0.15) is 0 Å². The maximum atomic E-state index is 5.26. The van der Waals surface area contributed by atoms with Gasteiger partial charge in [0.25, 0.3) is 0 Å². The van der Waals surface area contributed by atoms with Crippen LogP contribution in [-0.4, -0.2) is 17.2 Å². The molecule has 2 aliphatic heterocycles. The Morgan fingerprint density at radius 2 is 2.29 bits per heavy atom. The van der Waals surface area contributed by atoms with Gasteiger partial charge >= 0.3 is 0 Å². The minimum absolute atomic E-state index is 0.687. The first-order valence-electron chi connectivity index (χ1n) is 6.43. The molecule has 0 aliphatic carbocycles. The highest BCUT2D eigenvalue weighted by Gasteiger charge is 2.39. The van der Waals surface area contributed by atoms with Gasteiger partial charge in [-0.1, -0.05) is 11.2 Å². The molecular weight excluding hydrogens is 212 g/mol. The van der Waals surface area contributed by atoms with Crippen molar-refractivity contribution in [3.05, 3.63) is 29.5 Å². The molecule has 4 rings (SSSR count). The molecule has 3 heteroatoms. The van der Waals surface area contributed by atoms with Crippen LogP contribution in [0, 0.1) is 6.92 Å². The van der Waals surface area contributed by atoms with Crippen molar-refractivity contribution in [3.63, 3.8) is 0 Å². The molecule has 88 valence electrons. The molecule has 2 bridgehead atoms. The molecule has 3 nitrogen and oxygen atoms in total. The van der Waals surface area contributed by atoms with E-state index < -0.39 is 0 Å². The molecule has 1 N–H and O–H groups in total. The minimum Gasteiger partial charge on any atom is -0.356 e. The second kappa shape index (κ2) is 3.33. The third-order valence-electron chi connectivity index (χ3n) is 4.40. The summed E-state index contributed by atoms with van der Waals surface area (Å²) in [5, 5.41) is 8.89. The van der Waals surface area contributed by atoms with E-state index in [0.717, 1.165) is 17.3 Å². The van der Waals surface area contributed by atoms with Gasteiger partial charge in [0.2, 0.25) is 0 Å². The second-order valence-electron chi connectivity index (χ2n) is 5.41. The predicted molar refractivity (Wildman–Crippen MR) is 66.0 cm³/mol. The van der Waals surface area contributed by atoms with Crippen LogP contribution in [0.2, 0.25) is 0 Å². The van der Waals surface area contributed by atoms with Crippen molar-refractivity contribution in [2.24, 2.45) is 0 Å². The van der Waals surface area contributed by atoms with Crippen molar-refractivity contribution < 1.29 is 4.52 Å². The highest BCUT2D eigenvalue weighted by atomic mass is 16.5. The Morgan fingerprint density at radius 1 is 1.35 bits per heavy atom. The van der Waals surface area contributed by atoms with Gasteiger partial charge in [-0.15, -0.1) is 0 Å². The van der Waals surface area contributed by atoms with Crippen LogP contribution in [0.4, 0.5) is 0 Å². The molecule has 1 aromatic heterocycles. The largest absolute Gasteiger partial charge is 0.356 e. The zero-order chi connectivity index (χ0) is 11.4. The van der Waals surface area contributed by atoms with E-state index in [0.29, 0.717) is 12.0 Å². The van der Waals surface area contributed by atoms with Gasteiger partial charge in [0, 0.05) is 23.4 Å². The van der Waals surface area contributed by atoms with E-state index in [-0.39, 0.29) is 0 Å². The van der Waals surface area contributed by atoms with Gasteiger partial charge < -0.3 is 9.84 Å². The van der Waals surface area contributed by atoms with Gasteiger partial charge in [0.15, 0.2) is 5.58 Å². The van der Waals surface area contributed by atoms with Crippen molar-refractivity contribution in [1.82, 2.24) is 10.5 Å². The molecule has 2 aromatic rings. The third-order valence-corrected chi connectivity index (χ3v) is 4.40. The summed E-state index contributed by atoms with van der Waals surface area (Å²) in [6.45, 7) is 2.01. The number of nitrogens with one attached hydrogen (secondary N) is 1. The van der Waals surface area contributed by atoms with E-state index in [9.17, 15) is 0 Å². The van der Waals surface area contributed by atoms with Crippen molar-refractivity contribution in [1.29, 1.82) is 0 Å². The van der Waals surface area contributed by atoms with Crippen LogP contribution in [-0.2, 0) is 0 Å². The molecule has 3 heterocycles. The number of aromatic nitrogens is 1. The zero-order valence-electron chi connectivity index (χ0n) is 9.94. The second-order valence-corrected chi connectivity index (χ2v) is 5.41. The van der Waals surface area contributed by atoms with E-state index in [4.69, 9.17) is 4.52 Å². The molecule has 0 spiro atoms. The summed E-state index contributed by atoms with van der Waals surface area (Å²) in [5.41, 5.74) is 3.35. The highest BCUT2D eigenvalue weighted by Crippen LogP contribution is 2.40. The average Bonchev–Trinajstić information content (AvgIpc) is 3.04. The summed E-state index contributed by atoms with van der Waals surface area (Å²) < 4.78 is 5.26. The third kappa shape index (κ3) is 1.35. The topological polar surface area (TPSA) is 38.1 Å². The number of rotatable bonds is 1. The SMILES string of the molecule is Cc1noc2ccc(C3CC4CCC3N4)cc12. The zero-order valence-corrected chi connectivity index (χ0v) is 9.94. The molecule has 2 aliphatic rings. The fourth-order valence-electron chi connectivity index (χ4n) is 3.50. The Kier molecular flexibility index (Phi) is 1.89. The average molecular weight is 228 g/mol. The molecule has 2 fully saturated rings. The normalized spacial score (nSPS) is 31.5. The quantitative estimate of drug-likeness (QED) is 0.815. The van der Waals surface area contributed by atoms with E-state index in [2.05, 4.69) is 28.7 Å². The molecular formula is C14H16N2O. The number of nitrogens with zero attached hydrogens (tertiary/aromatic N) is 1. The molecule has 1 aromatic carbocycles. The van der Waals surface area contributed by atoms with E-state index in [1.54, 1.807) is 0 Å². The monoisotopic (exact) mass is 228 g/mol. The van der Waals surface area contributed by atoms with E-state index in [1.165, 1.54) is 30.2 Å². The minimum atomic E-state index is 0.687. The first-order chi connectivity index (χ1) is 8.31. The number of hydrogen-bond acceptors (Lipinski definition) is 3. The molecule has 0 radical (unpaired) electrons. The highest BCUT2D eigenvalue weighted by molar-refractivity contribution is 5.80. The summed E-state index contributed by atoms with van der Waals surface area (Å²) >= 11 is 0. The van der Waals surface area contributed by atoms with Crippen LogP contribution in [0.3, 0.4) is 0 Å². The first kappa shape index (κ1) is 9.66. The predicted octanol–water partition coefficient (Wildman–Crippen LogP) is 2.74. The van der Waals surface area contributed by atoms with Crippen LogP contribution in [0.25, 0.3) is 11.0 Å². The van der Waals surface area contributed by atoms with Gasteiger partial charge in [-0.25, -0.2) is 0 Å². The summed E-state index contributed by atoms with van der Waals surface area (Å²) in [7, 11) is 0. The summed E-state index contributed by atoms with van der Waals surface area (Å²) in [6, 6.07) is 7.99. The molecule has 0 saturated carbocycles. The van der Waals surface area contributed by atoms with Crippen LogP contribution < -0.4 is 5.32 Å². The number of fused-ring (bicyclic) bond motifs is 3. The van der Waals surface area contributed by atoms with Crippen molar-refractivity contribution >= 4 is 11.0 Å². The van der Waals surface area contributed by atoms with Crippen molar-refractivity contribution in [2.75, 3.05) is 0 Å². The van der Waals surface area contributed by atoms with Gasteiger partial charge in [-0.05, 0) is 43.9 Å². The van der Waals surface area contributed by atoms with E-state index >= 15 is 0 Å². The van der Waals surface area contributed by atoms with Crippen LogP contribution in [0.5, 0.6) is 0 Å². The fourth-order valence-corrected chi connectivity index (χ4v) is 3.50. The fraction of sp³-hybridized carbons (Fsp3) is 0.500. The Hall–Kier alpha value is -1.35. The standard InChI is InChI=1S/C14H16N2O/c1-8-11-6-9(2-5-14(11)17-16-8)12-7-10-3-4-13(12)15-10/h2,5-6,10,12-13,15H,3-4,7H2,1H3. The lowest BCUT2D eigenvalue weighted by Gasteiger charge is -2.20. The molecule has 3 unspecified atom stereocenters. The molecule has 3 atom stereocenters. The maximum Gasteiger partial charge on any atom is 0.167 e. The Bertz CT molecular complexity index is 575. The van der Waals surface area contributed by atoms with Gasteiger partial charge in [-0.3, -0.25) is 0 Å². The van der Waals surface area contributed by atoms with Crippen LogP contribution in [0.15, 0.2) is 22.7 Å². The lowest BCUT2D eigenvalue weighted by Crippen LogP contribution is -2.21. The Morgan fingerprint density at radius 3 is 3.06 bits per heavy atom. The summed E-state index contributed by atoms with van der Waals surface area (Å²) in [6.07, 6.45) is 3.98. The van der Waals surface area contributed by atoms with Crippen molar-refractivity contribution in [3.8, 4) is 0 Å². The van der Waals surface area contributed by atoms with Gasteiger partial charge in [0.05, 0.1) is 5.69 Å². The summed E-state index contributed by atoms with van der Waals surface area (Å²) in [4.78, 5) is 0. The Balaban J connectivity index is 1.78.